The fourth-order valence-electron chi connectivity index (χ4n) is 2.62. The van der Waals surface area contributed by atoms with Crippen LogP contribution in [0.4, 0.5) is 5.82 Å². The molecule has 0 saturated heterocycles. The molecular weight excluding hydrogens is 246 g/mol. The molecule has 0 aromatic carbocycles. The van der Waals surface area contributed by atoms with E-state index in [9.17, 15) is 4.79 Å². The minimum Gasteiger partial charge on any atom is -0.476 e. The van der Waals surface area contributed by atoms with Gasteiger partial charge < -0.3 is 15.2 Å². The van der Waals surface area contributed by atoms with Gasteiger partial charge >= 0.3 is 5.97 Å². The van der Waals surface area contributed by atoms with Crippen molar-refractivity contribution in [3.63, 3.8) is 0 Å². The average Bonchev–Trinajstić information content (AvgIpc) is 2.86. The van der Waals surface area contributed by atoms with Gasteiger partial charge in [0, 0.05) is 19.1 Å². The Hall–Kier alpha value is -1.69. The predicted molar refractivity (Wildman–Crippen MR) is 70.3 cm³/mol. The van der Waals surface area contributed by atoms with E-state index in [-0.39, 0.29) is 11.1 Å². The van der Waals surface area contributed by atoms with Crippen LogP contribution in [0.15, 0.2) is 12.1 Å². The standard InChI is InChI=1S/C13H19N3O3/c1-19-9-13(6-2-3-7-13)8-14-11-5-4-10(12(17)18)15-16-11/h4-5H,2-3,6-9H2,1H3,(H,14,16)(H,17,18). The van der Waals surface area contributed by atoms with Gasteiger partial charge in [0.1, 0.15) is 5.82 Å². The van der Waals surface area contributed by atoms with Gasteiger partial charge in [-0.05, 0) is 25.0 Å². The number of aromatic carboxylic acids is 1. The first-order valence-corrected chi connectivity index (χ1v) is 6.45. The molecule has 1 aliphatic carbocycles. The number of methoxy groups -OCH3 is 1. The monoisotopic (exact) mass is 265 g/mol. The third-order valence-corrected chi connectivity index (χ3v) is 3.64. The minimum absolute atomic E-state index is 0.0435. The molecule has 1 fully saturated rings. The topological polar surface area (TPSA) is 84.3 Å². The van der Waals surface area contributed by atoms with Gasteiger partial charge in [-0.2, -0.15) is 0 Å². The number of hydrogen-bond acceptors (Lipinski definition) is 5. The zero-order valence-electron chi connectivity index (χ0n) is 11.1. The summed E-state index contributed by atoms with van der Waals surface area (Å²) < 4.78 is 5.31. The molecule has 0 atom stereocenters. The van der Waals surface area contributed by atoms with Crippen molar-refractivity contribution in [2.24, 2.45) is 5.41 Å². The molecule has 6 heteroatoms. The van der Waals surface area contributed by atoms with E-state index in [1.165, 1.54) is 18.9 Å². The summed E-state index contributed by atoms with van der Waals surface area (Å²) in [5, 5.41) is 19.5. The summed E-state index contributed by atoms with van der Waals surface area (Å²) in [5.74, 6) is -0.460. The van der Waals surface area contributed by atoms with Crippen LogP contribution in [-0.4, -0.2) is 41.5 Å². The second-order valence-electron chi connectivity index (χ2n) is 5.10. The lowest BCUT2D eigenvalue weighted by atomic mass is 9.87. The number of nitrogens with one attached hydrogen (secondary N) is 1. The first-order chi connectivity index (χ1) is 9.15. The molecule has 2 N–H and O–H groups in total. The summed E-state index contributed by atoms with van der Waals surface area (Å²) >= 11 is 0. The van der Waals surface area contributed by atoms with Gasteiger partial charge in [0.05, 0.1) is 6.61 Å². The number of ether oxygens (including phenoxy) is 1. The number of carboxylic acid groups (broad SMARTS) is 1. The Morgan fingerprint density at radius 1 is 1.42 bits per heavy atom. The van der Waals surface area contributed by atoms with Crippen LogP contribution in [0.1, 0.15) is 36.2 Å². The zero-order chi connectivity index (χ0) is 13.7. The first-order valence-electron chi connectivity index (χ1n) is 6.45. The van der Waals surface area contributed by atoms with Crippen LogP contribution in [0, 0.1) is 5.41 Å². The molecule has 0 aliphatic heterocycles. The highest BCUT2D eigenvalue weighted by Crippen LogP contribution is 2.38. The molecule has 2 rings (SSSR count). The molecule has 1 saturated carbocycles. The van der Waals surface area contributed by atoms with Crippen LogP contribution in [-0.2, 0) is 4.74 Å². The number of carboxylic acids is 1. The molecule has 0 unspecified atom stereocenters. The SMILES string of the molecule is COCC1(CNc2ccc(C(=O)O)nn2)CCCC1. The van der Waals surface area contributed by atoms with E-state index in [1.54, 1.807) is 13.2 Å². The summed E-state index contributed by atoms with van der Waals surface area (Å²) in [6, 6.07) is 3.10. The van der Waals surface area contributed by atoms with E-state index in [4.69, 9.17) is 9.84 Å². The Balaban J connectivity index is 1.95. The number of nitrogens with zero attached hydrogens (tertiary/aromatic N) is 2. The number of anilines is 1. The first kappa shape index (κ1) is 13.7. The molecule has 19 heavy (non-hydrogen) atoms. The number of carbonyl (C=O) groups is 1. The lowest BCUT2D eigenvalue weighted by molar-refractivity contribution is 0.0689. The second-order valence-corrected chi connectivity index (χ2v) is 5.10. The highest BCUT2D eigenvalue weighted by atomic mass is 16.5. The Morgan fingerprint density at radius 3 is 2.68 bits per heavy atom. The molecular formula is C13H19N3O3. The summed E-state index contributed by atoms with van der Waals surface area (Å²) in [5.41, 5.74) is 0.125. The van der Waals surface area contributed by atoms with Crippen molar-refractivity contribution in [2.45, 2.75) is 25.7 Å². The molecule has 0 amide bonds. The van der Waals surface area contributed by atoms with Crippen molar-refractivity contribution >= 4 is 11.8 Å². The fourth-order valence-corrected chi connectivity index (χ4v) is 2.62. The Labute approximate surface area is 112 Å². The molecule has 0 radical (unpaired) electrons. The van der Waals surface area contributed by atoms with E-state index in [0.717, 1.165) is 26.0 Å². The van der Waals surface area contributed by atoms with Crippen molar-refractivity contribution in [1.82, 2.24) is 10.2 Å². The molecule has 1 aromatic rings. The highest BCUT2D eigenvalue weighted by Gasteiger charge is 2.33. The van der Waals surface area contributed by atoms with Crippen molar-refractivity contribution in [2.75, 3.05) is 25.6 Å². The predicted octanol–water partition coefficient (Wildman–Crippen LogP) is 1.79. The van der Waals surface area contributed by atoms with E-state index in [0.29, 0.717) is 5.82 Å². The van der Waals surface area contributed by atoms with E-state index in [2.05, 4.69) is 15.5 Å². The van der Waals surface area contributed by atoms with Gasteiger partial charge in [-0.3, -0.25) is 0 Å². The van der Waals surface area contributed by atoms with Gasteiger partial charge in [-0.1, -0.05) is 12.8 Å². The summed E-state index contributed by atoms with van der Waals surface area (Å²) in [6.07, 6.45) is 4.76. The lowest BCUT2D eigenvalue weighted by Crippen LogP contribution is -2.31. The molecule has 0 spiro atoms. The minimum atomic E-state index is -1.06. The van der Waals surface area contributed by atoms with Crippen molar-refractivity contribution in [3.05, 3.63) is 17.8 Å². The smallest absolute Gasteiger partial charge is 0.356 e. The van der Waals surface area contributed by atoms with Crippen LogP contribution in [0.25, 0.3) is 0 Å². The largest absolute Gasteiger partial charge is 0.476 e. The Morgan fingerprint density at radius 2 is 2.16 bits per heavy atom. The molecule has 0 bridgehead atoms. The Bertz CT molecular complexity index is 427. The van der Waals surface area contributed by atoms with E-state index in [1.807, 2.05) is 0 Å². The van der Waals surface area contributed by atoms with E-state index < -0.39 is 5.97 Å². The van der Waals surface area contributed by atoms with Crippen LogP contribution in [0.5, 0.6) is 0 Å². The van der Waals surface area contributed by atoms with Crippen molar-refractivity contribution < 1.29 is 14.6 Å². The van der Waals surface area contributed by atoms with Gasteiger partial charge in [-0.15, -0.1) is 10.2 Å². The van der Waals surface area contributed by atoms with Gasteiger partial charge in [0.25, 0.3) is 0 Å². The molecule has 1 aromatic heterocycles. The maximum absolute atomic E-state index is 10.7. The molecule has 104 valence electrons. The molecule has 1 aliphatic rings. The van der Waals surface area contributed by atoms with Crippen molar-refractivity contribution in [1.29, 1.82) is 0 Å². The number of aromatic nitrogens is 2. The quantitative estimate of drug-likeness (QED) is 0.815. The summed E-state index contributed by atoms with van der Waals surface area (Å²) in [6.45, 7) is 1.52. The molecule has 1 heterocycles. The van der Waals surface area contributed by atoms with Crippen LogP contribution in [0.2, 0.25) is 0 Å². The number of rotatable bonds is 6. The summed E-state index contributed by atoms with van der Waals surface area (Å²) in [4.78, 5) is 10.7. The third-order valence-electron chi connectivity index (χ3n) is 3.64. The summed E-state index contributed by atoms with van der Waals surface area (Å²) in [7, 11) is 1.72. The van der Waals surface area contributed by atoms with Crippen molar-refractivity contribution in [3.8, 4) is 0 Å². The Kier molecular flexibility index (Phi) is 4.31. The number of hydrogen-bond donors (Lipinski definition) is 2. The fraction of sp³-hybridized carbons (Fsp3) is 0.615. The molecule has 6 nitrogen and oxygen atoms in total. The van der Waals surface area contributed by atoms with E-state index >= 15 is 0 Å². The van der Waals surface area contributed by atoms with Gasteiger partial charge in [0.2, 0.25) is 0 Å². The van der Waals surface area contributed by atoms with Gasteiger partial charge in [0.15, 0.2) is 5.69 Å². The normalized spacial score (nSPS) is 17.3. The maximum Gasteiger partial charge on any atom is 0.356 e. The maximum atomic E-state index is 10.7. The van der Waals surface area contributed by atoms with Crippen LogP contribution in [0.3, 0.4) is 0 Å². The van der Waals surface area contributed by atoms with Gasteiger partial charge in [-0.25, -0.2) is 4.79 Å². The third kappa shape index (κ3) is 3.41. The zero-order valence-corrected chi connectivity index (χ0v) is 11.1. The van der Waals surface area contributed by atoms with Crippen LogP contribution >= 0.6 is 0 Å². The average molecular weight is 265 g/mol. The van der Waals surface area contributed by atoms with Crippen LogP contribution < -0.4 is 5.32 Å². The second kappa shape index (κ2) is 5.97. The highest BCUT2D eigenvalue weighted by molar-refractivity contribution is 5.85. The lowest BCUT2D eigenvalue weighted by Gasteiger charge is -2.28.